The van der Waals surface area contributed by atoms with Crippen LogP contribution in [0.1, 0.15) is 10.4 Å². The molecule has 0 bridgehead atoms. The summed E-state index contributed by atoms with van der Waals surface area (Å²) in [4.78, 5) is 32.9. The number of para-hydroxylation sites is 1. The van der Waals surface area contributed by atoms with Gasteiger partial charge in [-0.15, -0.1) is 0 Å². The Hall–Kier alpha value is -3.42. The lowest BCUT2D eigenvalue weighted by molar-refractivity contribution is -0.385. The Bertz CT molecular complexity index is 746. The van der Waals surface area contributed by atoms with E-state index in [4.69, 9.17) is 5.11 Å². The fourth-order valence-corrected chi connectivity index (χ4v) is 1.89. The van der Waals surface area contributed by atoms with E-state index < -0.39 is 28.1 Å². The number of carboxylic acids is 1. The molecule has 3 N–H and O–H groups in total. The number of hydrogen-bond donors (Lipinski definition) is 3. The Balaban J connectivity index is 2.05. The Morgan fingerprint density at radius 3 is 2.39 bits per heavy atom. The molecule has 1 amide bonds. The minimum Gasteiger partial charge on any atom is -0.477 e. The molecule has 0 saturated carbocycles. The molecular formula is C15H13N3O5. The molecule has 0 saturated heterocycles. The third-order valence-electron chi connectivity index (χ3n) is 2.93. The maximum atomic E-state index is 11.8. The molecule has 0 atom stereocenters. The highest BCUT2D eigenvalue weighted by Gasteiger charge is 2.20. The van der Waals surface area contributed by atoms with Crippen molar-refractivity contribution in [2.24, 2.45) is 0 Å². The number of nitro benzene ring substituents is 1. The van der Waals surface area contributed by atoms with Gasteiger partial charge in [-0.25, -0.2) is 4.79 Å². The quantitative estimate of drug-likeness (QED) is 0.555. The maximum Gasteiger partial charge on any atom is 0.342 e. The average Bonchev–Trinajstić information content (AvgIpc) is 2.53. The van der Waals surface area contributed by atoms with E-state index in [-0.39, 0.29) is 12.2 Å². The number of nitrogens with zero attached hydrogens (tertiary/aromatic N) is 1. The van der Waals surface area contributed by atoms with E-state index in [0.29, 0.717) is 0 Å². The summed E-state index contributed by atoms with van der Waals surface area (Å²) in [7, 11) is 0. The van der Waals surface area contributed by atoms with Crippen LogP contribution in [0.15, 0.2) is 48.5 Å². The van der Waals surface area contributed by atoms with Gasteiger partial charge in [-0.1, -0.05) is 18.2 Å². The van der Waals surface area contributed by atoms with Gasteiger partial charge in [0.15, 0.2) is 0 Å². The van der Waals surface area contributed by atoms with Gasteiger partial charge in [-0.3, -0.25) is 14.9 Å². The van der Waals surface area contributed by atoms with Crippen LogP contribution in [0.25, 0.3) is 0 Å². The van der Waals surface area contributed by atoms with E-state index in [1.54, 1.807) is 12.1 Å². The van der Waals surface area contributed by atoms with Gasteiger partial charge >= 0.3 is 5.97 Å². The second kappa shape index (κ2) is 7.03. The lowest BCUT2D eigenvalue weighted by atomic mass is 10.1. The van der Waals surface area contributed by atoms with Crippen LogP contribution in [-0.2, 0) is 4.79 Å². The van der Waals surface area contributed by atoms with Crippen LogP contribution in [0.4, 0.5) is 17.1 Å². The second-order valence-corrected chi connectivity index (χ2v) is 4.56. The van der Waals surface area contributed by atoms with Crippen molar-refractivity contribution in [3.8, 4) is 0 Å². The lowest BCUT2D eigenvalue weighted by Crippen LogP contribution is -2.22. The fraction of sp³-hybridized carbons (Fsp3) is 0.0667. The largest absolute Gasteiger partial charge is 0.477 e. The Kier molecular flexibility index (Phi) is 4.88. The predicted octanol–water partition coefficient (Wildman–Crippen LogP) is 2.34. The van der Waals surface area contributed by atoms with E-state index in [1.165, 1.54) is 6.07 Å². The van der Waals surface area contributed by atoms with Gasteiger partial charge < -0.3 is 15.7 Å². The van der Waals surface area contributed by atoms with E-state index in [2.05, 4.69) is 10.6 Å². The van der Waals surface area contributed by atoms with E-state index in [0.717, 1.165) is 17.8 Å². The standard InChI is InChI=1S/C15H13N3O5/c19-14(9-16-10-4-2-1-3-5-10)17-11-6-7-13(18(22)23)12(8-11)15(20)21/h1-8,16H,9H2,(H,17,19)(H,20,21). The first-order valence-electron chi connectivity index (χ1n) is 6.58. The number of anilines is 2. The number of hydrogen-bond acceptors (Lipinski definition) is 5. The van der Waals surface area contributed by atoms with Crippen molar-refractivity contribution in [3.05, 3.63) is 64.2 Å². The molecule has 0 spiro atoms. The van der Waals surface area contributed by atoms with Crippen molar-refractivity contribution in [1.29, 1.82) is 0 Å². The molecule has 2 aromatic rings. The van der Waals surface area contributed by atoms with Crippen LogP contribution < -0.4 is 10.6 Å². The van der Waals surface area contributed by atoms with Gasteiger partial charge in [-0.05, 0) is 24.3 Å². The molecule has 0 radical (unpaired) electrons. The highest BCUT2D eigenvalue weighted by Crippen LogP contribution is 2.22. The number of nitrogens with one attached hydrogen (secondary N) is 2. The summed E-state index contributed by atoms with van der Waals surface area (Å²) in [5.41, 5.74) is -0.0767. The zero-order valence-electron chi connectivity index (χ0n) is 11.9. The van der Waals surface area contributed by atoms with Gasteiger partial charge in [-0.2, -0.15) is 0 Å². The summed E-state index contributed by atoms with van der Waals surface area (Å²) in [5, 5.41) is 25.1. The van der Waals surface area contributed by atoms with E-state index in [1.807, 2.05) is 18.2 Å². The van der Waals surface area contributed by atoms with Crippen LogP contribution >= 0.6 is 0 Å². The topological polar surface area (TPSA) is 122 Å². The van der Waals surface area contributed by atoms with Crippen molar-refractivity contribution in [3.63, 3.8) is 0 Å². The number of rotatable bonds is 6. The van der Waals surface area contributed by atoms with E-state index in [9.17, 15) is 19.7 Å². The normalized spacial score (nSPS) is 9.91. The first-order valence-corrected chi connectivity index (χ1v) is 6.58. The number of carboxylic acid groups (broad SMARTS) is 1. The fourth-order valence-electron chi connectivity index (χ4n) is 1.89. The summed E-state index contributed by atoms with van der Waals surface area (Å²) < 4.78 is 0. The van der Waals surface area contributed by atoms with E-state index >= 15 is 0 Å². The zero-order valence-corrected chi connectivity index (χ0v) is 11.9. The summed E-state index contributed by atoms with van der Waals surface area (Å²) in [6.07, 6.45) is 0. The number of carbonyl (C=O) groups excluding carboxylic acids is 1. The summed E-state index contributed by atoms with van der Waals surface area (Å²) >= 11 is 0. The van der Waals surface area contributed by atoms with Crippen LogP contribution in [0.2, 0.25) is 0 Å². The van der Waals surface area contributed by atoms with Gasteiger partial charge in [0.1, 0.15) is 5.56 Å². The van der Waals surface area contributed by atoms with Gasteiger partial charge in [0.2, 0.25) is 5.91 Å². The smallest absolute Gasteiger partial charge is 0.342 e. The first kappa shape index (κ1) is 16.0. The molecule has 0 unspecified atom stereocenters. The van der Waals surface area contributed by atoms with Gasteiger partial charge in [0.25, 0.3) is 5.69 Å². The maximum absolute atomic E-state index is 11.8. The third-order valence-corrected chi connectivity index (χ3v) is 2.93. The molecule has 0 aromatic heterocycles. The molecule has 0 aliphatic heterocycles. The monoisotopic (exact) mass is 315 g/mol. The lowest BCUT2D eigenvalue weighted by Gasteiger charge is -2.08. The molecule has 2 aromatic carbocycles. The molecule has 0 aliphatic rings. The summed E-state index contributed by atoms with van der Waals surface area (Å²) in [6, 6.07) is 12.4. The average molecular weight is 315 g/mol. The van der Waals surface area contributed by atoms with Crippen molar-refractivity contribution >= 4 is 28.9 Å². The van der Waals surface area contributed by atoms with Crippen molar-refractivity contribution in [1.82, 2.24) is 0 Å². The predicted molar refractivity (Wildman–Crippen MR) is 83.6 cm³/mol. The molecule has 23 heavy (non-hydrogen) atoms. The van der Waals surface area contributed by atoms with Crippen molar-refractivity contribution in [2.45, 2.75) is 0 Å². The molecule has 8 heteroatoms. The third kappa shape index (κ3) is 4.27. The van der Waals surface area contributed by atoms with Crippen LogP contribution in [0.3, 0.4) is 0 Å². The molecule has 2 rings (SSSR count). The molecule has 118 valence electrons. The molecule has 8 nitrogen and oxygen atoms in total. The molecular weight excluding hydrogens is 302 g/mol. The summed E-state index contributed by atoms with van der Waals surface area (Å²) in [5.74, 6) is -1.84. The highest BCUT2D eigenvalue weighted by molar-refractivity contribution is 5.97. The van der Waals surface area contributed by atoms with Crippen LogP contribution in [0.5, 0.6) is 0 Å². The van der Waals surface area contributed by atoms with Crippen LogP contribution in [-0.4, -0.2) is 28.5 Å². The second-order valence-electron chi connectivity index (χ2n) is 4.56. The molecule has 0 fully saturated rings. The number of carbonyl (C=O) groups is 2. The zero-order chi connectivity index (χ0) is 16.8. The van der Waals surface area contributed by atoms with Gasteiger partial charge in [0.05, 0.1) is 11.5 Å². The SMILES string of the molecule is O=C(CNc1ccccc1)Nc1ccc([N+](=O)[O-])c(C(=O)O)c1. The number of aromatic carboxylic acids is 1. The summed E-state index contributed by atoms with van der Waals surface area (Å²) in [6.45, 7) is -0.0244. The van der Waals surface area contributed by atoms with Gasteiger partial charge in [0, 0.05) is 17.4 Å². The number of benzene rings is 2. The van der Waals surface area contributed by atoms with Crippen molar-refractivity contribution < 1.29 is 19.6 Å². The minimum absolute atomic E-state index is 0.0244. The Labute approximate surface area is 130 Å². The van der Waals surface area contributed by atoms with Crippen LogP contribution in [0, 0.1) is 10.1 Å². The highest BCUT2D eigenvalue weighted by atomic mass is 16.6. The minimum atomic E-state index is -1.43. The van der Waals surface area contributed by atoms with Crippen molar-refractivity contribution in [2.75, 3.05) is 17.2 Å². The Morgan fingerprint density at radius 2 is 1.78 bits per heavy atom. The number of nitro groups is 1. The first-order chi connectivity index (χ1) is 11.0. The molecule has 0 heterocycles. The molecule has 0 aliphatic carbocycles. The number of amides is 1. The Morgan fingerprint density at radius 1 is 1.09 bits per heavy atom.